The molecular weight excluding hydrogens is 532 g/mol. The first-order chi connectivity index (χ1) is 19.0. The Bertz CT molecular complexity index is 933. The van der Waals surface area contributed by atoms with Crippen molar-refractivity contribution >= 4 is 11.9 Å². The second-order valence-corrected chi connectivity index (χ2v) is 10.7. The van der Waals surface area contributed by atoms with Gasteiger partial charge in [0.15, 0.2) is 6.29 Å². The number of allylic oxidation sites excluding steroid dienone is 1. The minimum atomic E-state index is -1.69. The molecule has 0 spiro atoms. The summed E-state index contributed by atoms with van der Waals surface area (Å²) < 4.78 is 27.5. The van der Waals surface area contributed by atoms with Crippen LogP contribution >= 0.6 is 0 Å². The molecule has 13 heteroatoms. The SMILES string of the molecule is C/C=C1/[C@H](O[C@@H]2O[C@H](CO)[C@@H](O)[C@H](O)[C@H]2O)OC=C(C(=O)OC)[C@H]1CC(=O)O[C@H]1C[C@@H]([C@@H](C)CO)[C@H](CO)[C@H]1C. The van der Waals surface area contributed by atoms with Crippen LogP contribution in [0.5, 0.6) is 0 Å². The van der Waals surface area contributed by atoms with Gasteiger partial charge in [-0.1, -0.05) is 19.9 Å². The number of hydrogen-bond acceptors (Lipinski definition) is 13. The van der Waals surface area contributed by atoms with Crippen molar-refractivity contribution in [1.29, 1.82) is 0 Å². The third-order valence-corrected chi connectivity index (χ3v) is 8.43. The molecule has 1 saturated carbocycles. The average molecular weight is 575 g/mol. The van der Waals surface area contributed by atoms with Crippen LogP contribution in [0.4, 0.5) is 0 Å². The maximum absolute atomic E-state index is 13.2. The number of rotatable bonds is 10. The molecule has 6 N–H and O–H groups in total. The number of esters is 2. The predicted octanol–water partition coefficient (Wildman–Crippen LogP) is -1.03. The van der Waals surface area contributed by atoms with Crippen molar-refractivity contribution in [2.45, 2.75) is 76.7 Å². The lowest BCUT2D eigenvalue weighted by atomic mass is 9.83. The van der Waals surface area contributed by atoms with Gasteiger partial charge in [0.05, 0.1) is 32.0 Å². The lowest BCUT2D eigenvalue weighted by Crippen LogP contribution is -2.60. The largest absolute Gasteiger partial charge is 0.468 e. The van der Waals surface area contributed by atoms with Crippen LogP contribution in [-0.4, -0.2) is 113 Å². The monoisotopic (exact) mass is 574 g/mol. The Morgan fingerprint density at radius 2 is 1.82 bits per heavy atom. The van der Waals surface area contributed by atoms with Gasteiger partial charge in [-0.25, -0.2) is 4.79 Å². The minimum absolute atomic E-state index is 0.0284. The summed E-state index contributed by atoms with van der Waals surface area (Å²) in [6, 6.07) is 0. The van der Waals surface area contributed by atoms with E-state index in [9.17, 15) is 40.2 Å². The molecule has 12 atom stereocenters. The van der Waals surface area contributed by atoms with Crippen LogP contribution in [0, 0.1) is 29.6 Å². The number of aliphatic hydroxyl groups excluding tert-OH is 6. The number of carbonyl (C=O) groups excluding carboxylic acids is 2. The topological polar surface area (TPSA) is 202 Å². The summed E-state index contributed by atoms with van der Waals surface area (Å²) in [6.45, 7) is 4.60. The molecule has 1 aliphatic carbocycles. The van der Waals surface area contributed by atoms with Crippen LogP contribution in [0.3, 0.4) is 0 Å². The fourth-order valence-corrected chi connectivity index (χ4v) is 5.88. The molecule has 2 fully saturated rings. The Balaban J connectivity index is 1.78. The van der Waals surface area contributed by atoms with Gasteiger partial charge in [-0.15, -0.1) is 0 Å². The van der Waals surface area contributed by atoms with E-state index in [0.717, 1.165) is 6.26 Å². The first-order valence-corrected chi connectivity index (χ1v) is 13.5. The smallest absolute Gasteiger partial charge is 0.337 e. The highest BCUT2D eigenvalue weighted by Gasteiger charge is 2.48. The average Bonchev–Trinajstić information content (AvgIpc) is 3.26. The van der Waals surface area contributed by atoms with Gasteiger partial charge >= 0.3 is 11.9 Å². The van der Waals surface area contributed by atoms with Crippen LogP contribution in [0.1, 0.15) is 33.6 Å². The summed E-state index contributed by atoms with van der Waals surface area (Å²) in [5.74, 6) is -2.65. The fourth-order valence-electron chi connectivity index (χ4n) is 5.88. The molecule has 0 amide bonds. The fraction of sp³-hybridized carbons (Fsp3) is 0.778. The highest BCUT2D eigenvalue weighted by molar-refractivity contribution is 5.90. The first kappa shape index (κ1) is 32.4. The highest BCUT2D eigenvalue weighted by Crippen LogP contribution is 2.43. The molecule has 13 nitrogen and oxygen atoms in total. The second kappa shape index (κ2) is 14.2. The van der Waals surface area contributed by atoms with Gasteiger partial charge in [0, 0.05) is 24.7 Å². The van der Waals surface area contributed by atoms with E-state index >= 15 is 0 Å². The molecule has 2 aliphatic heterocycles. The summed E-state index contributed by atoms with van der Waals surface area (Å²) >= 11 is 0. The summed E-state index contributed by atoms with van der Waals surface area (Å²) in [4.78, 5) is 25.8. The van der Waals surface area contributed by atoms with Crippen LogP contribution in [0.15, 0.2) is 23.5 Å². The lowest BCUT2D eigenvalue weighted by molar-refractivity contribution is -0.327. The quantitative estimate of drug-likeness (QED) is 0.137. The third kappa shape index (κ3) is 6.68. The summed E-state index contributed by atoms with van der Waals surface area (Å²) in [7, 11) is 1.18. The van der Waals surface area contributed by atoms with E-state index < -0.39 is 67.6 Å². The summed E-state index contributed by atoms with van der Waals surface area (Å²) in [6.07, 6.45) is -6.58. The second-order valence-electron chi connectivity index (χ2n) is 10.7. The Hall–Kier alpha value is -2.10. The summed E-state index contributed by atoms with van der Waals surface area (Å²) in [5.41, 5.74) is 0.344. The van der Waals surface area contributed by atoms with Crippen LogP contribution < -0.4 is 0 Å². The van der Waals surface area contributed by atoms with E-state index in [1.54, 1.807) is 13.0 Å². The van der Waals surface area contributed by atoms with Crippen molar-refractivity contribution in [3.63, 3.8) is 0 Å². The van der Waals surface area contributed by atoms with Gasteiger partial charge in [-0.05, 0) is 37.0 Å². The van der Waals surface area contributed by atoms with Crippen molar-refractivity contribution < 1.29 is 63.9 Å². The van der Waals surface area contributed by atoms with E-state index in [1.807, 2.05) is 13.8 Å². The summed E-state index contributed by atoms with van der Waals surface area (Å²) in [5, 5.41) is 59.5. The Morgan fingerprint density at radius 3 is 2.40 bits per heavy atom. The van der Waals surface area contributed by atoms with Crippen LogP contribution in [-0.2, 0) is 33.3 Å². The van der Waals surface area contributed by atoms with Crippen molar-refractivity contribution in [2.24, 2.45) is 29.6 Å². The molecule has 228 valence electrons. The van der Waals surface area contributed by atoms with Gasteiger partial charge in [0.2, 0.25) is 6.29 Å². The van der Waals surface area contributed by atoms with Gasteiger partial charge in [0.25, 0.3) is 0 Å². The molecule has 0 radical (unpaired) electrons. The zero-order chi connectivity index (χ0) is 29.7. The molecule has 0 aromatic rings. The van der Waals surface area contributed by atoms with Crippen LogP contribution in [0.2, 0.25) is 0 Å². The Labute approximate surface area is 232 Å². The molecule has 1 saturated heterocycles. The zero-order valence-corrected chi connectivity index (χ0v) is 23.2. The number of hydrogen-bond donors (Lipinski definition) is 6. The Kier molecular flexibility index (Phi) is 11.5. The normalized spacial score (nSPS) is 39.8. The van der Waals surface area contributed by atoms with Crippen LogP contribution in [0.25, 0.3) is 0 Å². The highest BCUT2D eigenvalue weighted by atomic mass is 16.8. The molecule has 40 heavy (non-hydrogen) atoms. The minimum Gasteiger partial charge on any atom is -0.468 e. The van der Waals surface area contributed by atoms with Crippen molar-refractivity contribution in [2.75, 3.05) is 26.9 Å². The first-order valence-electron chi connectivity index (χ1n) is 13.5. The molecule has 2 heterocycles. The zero-order valence-electron chi connectivity index (χ0n) is 23.2. The standard InChI is InChI=1S/C27H42O13/c1-5-14-16(7-21(31)38-19-6-15(12(2)8-28)17(9-29)13(19)3)18(25(35)36-4)11-37-26(14)40-27-24(34)23(33)22(32)20(10-30)39-27/h5,11-13,15-17,19-20,22-24,26-30,32-34H,6-10H2,1-4H3/b14-5+/t12-,13+,15-,16-,17+,19-,20+,22+,23-,24+,26-,27-/m0/s1. The van der Waals surface area contributed by atoms with E-state index in [2.05, 4.69) is 0 Å². The molecule has 0 aromatic carbocycles. The van der Waals surface area contributed by atoms with E-state index in [0.29, 0.717) is 12.0 Å². The molecule has 0 unspecified atom stereocenters. The molecular formula is C27H42O13. The van der Waals surface area contributed by atoms with Gasteiger partial charge in [-0.3, -0.25) is 4.79 Å². The molecule has 3 rings (SSSR count). The molecule has 0 aromatic heterocycles. The molecule has 3 aliphatic rings. The maximum atomic E-state index is 13.2. The van der Waals surface area contributed by atoms with Gasteiger partial charge in [-0.2, -0.15) is 0 Å². The lowest BCUT2D eigenvalue weighted by Gasteiger charge is -2.42. The number of ether oxygens (including phenoxy) is 5. The predicted molar refractivity (Wildman–Crippen MR) is 136 cm³/mol. The Morgan fingerprint density at radius 1 is 1.12 bits per heavy atom. The van der Waals surface area contributed by atoms with Crippen molar-refractivity contribution in [3.8, 4) is 0 Å². The number of methoxy groups -OCH3 is 1. The number of aliphatic hydroxyl groups is 6. The molecule has 0 bridgehead atoms. The van der Waals surface area contributed by atoms with E-state index in [-0.39, 0.29) is 48.9 Å². The number of carbonyl (C=O) groups is 2. The van der Waals surface area contributed by atoms with Gasteiger partial charge < -0.3 is 54.3 Å². The van der Waals surface area contributed by atoms with E-state index in [1.165, 1.54) is 7.11 Å². The van der Waals surface area contributed by atoms with E-state index in [4.69, 9.17) is 23.7 Å². The third-order valence-electron chi connectivity index (χ3n) is 8.43. The van der Waals surface area contributed by atoms with Crippen molar-refractivity contribution in [3.05, 3.63) is 23.5 Å². The van der Waals surface area contributed by atoms with Crippen molar-refractivity contribution in [1.82, 2.24) is 0 Å². The maximum Gasteiger partial charge on any atom is 0.337 e. The van der Waals surface area contributed by atoms with Gasteiger partial charge in [0.1, 0.15) is 30.5 Å².